The summed E-state index contributed by atoms with van der Waals surface area (Å²) in [4.78, 5) is 99.9. The zero-order chi connectivity index (χ0) is 66.6. The number of anilines is 5. The van der Waals surface area contributed by atoms with Crippen molar-refractivity contribution >= 4 is 102 Å². The molecule has 0 spiro atoms. The third-order valence-electron chi connectivity index (χ3n) is 15.1. The van der Waals surface area contributed by atoms with Crippen molar-refractivity contribution in [2.45, 2.75) is 109 Å². The summed E-state index contributed by atoms with van der Waals surface area (Å²) < 4.78 is 33.6. The number of carboxylic acid groups (broad SMARTS) is 2. The molecule has 0 bridgehead atoms. The highest BCUT2D eigenvalue weighted by Gasteiger charge is 2.46. The van der Waals surface area contributed by atoms with Gasteiger partial charge in [-0.1, -0.05) is 49.3 Å². The number of carboxylic acids is 2. The predicted octanol–water partition coefficient (Wildman–Crippen LogP) is 4.62. The maximum atomic E-state index is 15.5. The summed E-state index contributed by atoms with van der Waals surface area (Å²) in [5.74, 6) is 0.683. The van der Waals surface area contributed by atoms with E-state index in [0.717, 1.165) is 38.4 Å². The fourth-order valence-corrected chi connectivity index (χ4v) is 11.9. The van der Waals surface area contributed by atoms with Gasteiger partial charge < -0.3 is 70.4 Å². The molecule has 1 fully saturated rings. The van der Waals surface area contributed by atoms with Crippen molar-refractivity contribution in [1.29, 1.82) is 0 Å². The first-order valence-electron chi connectivity index (χ1n) is 29.5. The van der Waals surface area contributed by atoms with Crippen LogP contribution in [-0.4, -0.2) is 193 Å². The number of carbonyl (C=O) groups is 7. The van der Waals surface area contributed by atoms with Gasteiger partial charge in [-0.05, 0) is 111 Å². The number of imide groups is 1. The molecule has 3 aromatic carbocycles. The fraction of sp³-hybridized carbons (Fsp3) is 0.413. The van der Waals surface area contributed by atoms with Gasteiger partial charge in [-0.3, -0.25) is 28.9 Å². The first-order valence-corrected chi connectivity index (χ1v) is 31.1. The van der Waals surface area contributed by atoms with Gasteiger partial charge in [0.2, 0.25) is 17.7 Å². The molecule has 26 nitrogen and oxygen atoms in total. The predicted molar refractivity (Wildman–Crippen MR) is 338 cm³/mol. The zero-order valence-electron chi connectivity index (χ0n) is 51.5. The van der Waals surface area contributed by atoms with Gasteiger partial charge in [0.05, 0.1) is 56.8 Å². The maximum absolute atomic E-state index is 15.5. The summed E-state index contributed by atoms with van der Waals surface area (Å²) in [6, 6.07) is 16.9. The summed E-state index contributed by atoms with van der Waals surface area (Å²) in [7, 11) is 5.54. The van der Waals surface area contributed by atoms with Crippen molar-refractivity contribution in [2.24, 2.45) is 5.92 Å². The number of fused-ring (bicyclic) bond motifs is 1. The number of aromatic carboxylic acids is 1. The van der Waals surface area contributed by atoms with E-state index in [1.54, 1.807) is 50.1 Å². The van der Waals surface area contributed by atoms with Crippen LogP contribution in [0.5, 0.6) is 5.75 Å². The fourth-order valence-electron chi connectivity index (χ4n) is 9.94. The molecule has 0 saturated carbocycles. The summed E-state index contributed by atoms with van der Waals surface area (Å²) in [5, 5.41) is 72.6. The van der Waals surface area contributed by atoms with E-state index < -0.39 is 95.8 Å². The van der Waals surface area contributed by atoms with Crippen LogP contribution in [0.2, 0.25) is 0 Å². The molecule has 8 rings (SSSR count). The van der Waals surface area contributed by atoms with Crippen molar-refractivity contribution in [2.75, 3.05) is 69.6 Å². The van der Waals surface area contributed by atoms with E-state index in [4.69, 9.17) is 14.2 Å². The highest BCUT2D eigenvalue weighted by atomic mass is 32.1. The monoisotopic (exact) mass is 1310 g/mol. The van der Waals surface area contributed by atoms with Crippen molar-refractivity contribution in [3.05, 3.63) is 118 Å². The van der Waals surface area contributed by atoms with Crippen LogP contribution in [0.4, 0.5) is 32.0 Å². The van der Waals surface area contributed by atoms with Gasteiger partial charge in [0, 0.05) is 47.3 Å². The molecule has 0 radical (unpaired) electrons. The molecule has 5 heterocycles. The Morgan fingerprint density at radius 2 is 1.61 bits per heavy atom. The van der Waals surface area contributed by atoms with Gasteiger partial charge in [-0.15, -0.1) is 21.5 Å². The lowest BCUT2D eigenvalue weighted by molar-refractivity contribution is -0.896. The van der Waals surface area contributed by atoms with E-state index in [9.17, 15) is 59.1 Å². The van der Waals surface area contributed by atoms with Crippen LogP contribution in [0.15, 0.2) is 78.9 Å². The van der Waals surface area contributed by atoms with Crippen LogP contribution in [0.1, 0.15) is 77.7 Å². The SMILES string of the molecule is Cc1cc(N(C)c2nc(C(=O)O)c(CCCOc3ccc(C#CC[N+](C)(C)Cc4ccc(NC(=O)[C@H](C)NC(=O)[C@@H](NC(=O)CCOCCN5C(=O)C=CC5=O)C(C)C)cc4CC[C@@H]4O[C@H](C(=O)O)[C@@H](O)[C@H](O)[C@H]4O)cc3F)s2)nnc1Nc1nc2ccccc2s1. The number of hydrogen-bond acceptors (Lipinski definition) is 21. The second-order valence-corrected chi connectivity index (χ2v) is 25.2. The van der Waals surface area contributed by atoms with Crippen LogP contribution in [0, 0.1) is 30.5 Å². The minimum absolute atomic E-state index is 0.00944. The number of hydrogen-bond donors (Lipinski definition) is 9. The van der Waals surface area contributed by atoms with Crippen molar-refractivity contribution in [1.82, 2.24) is 35.7 Å². The lowest BCUT2D eigenvalue weighted by Gasteiger charge is -2.39. The molecule has 9 N–H and O–H groups in total. The Kier molecular flexibility index (Phi) is 23.2. The standard InChI is InChI=1S/C63H72FN11O15S2/c1-34(2)51(68-48(76)24-28-88-29-25-74-49(77)22-23-50(74)78)59(83)65-36(4)58(82)66-40-19-17-39(38(32-40)18-21-44-53(79)54(80)55(81)56(90-44)61(86)87)33-75(6,7)26-10-12-37-16-20-43(41(64)31-37)89-27-11-15-46-52(60(84)85)69-63(92-46)73(5)47-30-35(3)57(72-71-47)70-62-67-42-13-8-9-14-45(42)91-62/h8-9,13-14,16-17,19-20,22-23,30-32,34,36,44,51,53-56,79-81H,11,15,18,21,24-29,33H2,1-7H3,(H5-,65,66,67,68,70,72,76,82,83,84,85,86,87)/p+1/t36-,44-,51-,53-,54+,55-,56-/m0/s1. The molecule has 2 aliphatic heterocycles. The normalized spacial score (nSPS) is 17.9. The van der Waals surface area contributed by atoms with Gasteiger partial charge in [0.15, 0.2) is 45.3 Å². The average Bonchev–Trinajstić information content (AvgIpc) is 1.22. The molecular weight excluding hydrogens is 1230 g/mol. The number of aliphatic hydroxyl groups is 3. The van der Waals surface area contributed by atoms with Crippen LogP contribution in [0.25, 0.3) is 10.2 Å². The minimum atomic E-state index is -1.88. The molecule has 1 saturated heterocycles. The molecule has 5 amide bonds. The Labute approximate surface area is 537 Å². The highest BCUT2D eigenvalue weighted by Crippen LogP contribution is 2.34. The maximum Gasteiger partial charge on any atom is 0.355 e. The Morgan fingerprint density at radius 1 is 0.859 bits per heavy atom. The van der Waals surface area contributed by atoms with Crippen LogP contribution < -0.4 is 30.9 Å². The Bertz CT molecular complexity index is 3760. The number of quaternary nitrogens is 1. The third-order valence-corrected chi connectivity index (χ3v) is 17.2. The molecule has 7 atom stereocenters. The van der Waals surface area contributed by atoms with Crippen molar-refractivity contribution < 1.29 is 82.2 Å². The van der Waals surface area contributed by atoms with Crippen molar-refractivity contribution in [3.63, 3.8) is 0 Å². The van der Waals surface area contributed by atoms with E-state index in [-0.39, 0.29) is 74.5 Å². The first-order chi connectivity index (χ1) is 43.7. The quantitative estimate of drug-likeness (QED) is 0.0134. The van der Waals surface area contributed by atoms with E-state index >= 15 is 4.39 Å². The molecule has 0 aliphatic carbocycles. The Morgan fingerprint density at radius 3 is 2.30 bits per heavy atom. The highest BCUT2D eigenvalue weighted by molar-refractivity contribution is 7.22. The number of ether oxygens (including phenoxy) is 3. The number of amides is 5. The average molecular weight is 1310 g/mol. The van der Waals surface area contributed by atoms with Crippen molar-refractivity contribution in [3.8, 4) is 17.6 Å². The smallest absolute Gasteiger partial charge is 0.355 e. The van der Waals surface area contributed by atoms with Gasteiger partial charge in [0.1, 0.15) is 43.5 Å². The number of aliphatic carboxylic acids is 1. The van der Waals surface area contributed by atoms with Crippen LogP contribution in [-0.2, 0) is 57.6 Å². The van der Waals surface area contributed by atoms with Gasteiger partial charge in [0.25, 0.3) is 11.8 Å². The van der Waals surface area contributed by atoms with Gasteiger partial charge >= 0.3 is 11.9 Å². The van der Waals surface area contributed by atoms with E-state index in [1.165, 1.54) is 41.7 Å². The molecule has 92 heavy (non-hydrogen) atoms. The number of carbonyl (C=O) groups excluding carboxylic acids is 5. The number of aryl methyl sites for hydroxylation is 3. The first kappa shape index (κ1) is 69.0. The summed E-state index contributed by atoms with van der Waals surface area (Å²) in [6.07, 6.45) is -5.43. The molecule has 29 heteroatoms. The number of thiazole rings is 2. The summed E-state index contributed by atoms with van der Waals surface area (Å²) in [6.45, 7) is 7.41. The number of nitrogens with zero attached hydrogens (tertiary/aromatic N) is 7. The number of rotatable bonds is 29. The number of benzene rings is 3. The van der Waals surface area contributed by atoms with E-state index in [0.29, 0.717) is 56.6 Å². The second-order valence-electron chi connectivity index (χ2n) is 23.1. The largest absolute Gasteiger partial charge is 0.491 e. The number of aromatic nitrogens is 4. The van der Waals surface area contributed by atoms with E-state index in [1.807, 2.05) is 51.4 Å². The Balaban J connectivity index is 0.852. The Hall–Kier alpha value is -8.86. The summed E-state index contributed by atoms with van der Waals surface area (Å²) in [5.41, 5.74) is 3.61. The topological polar surface area (TPSA) is 354 Å². The molecule has 0 unspecified atom stereocenters. The van der Waals surface area contributed by atoms with Gasteiger partial charge in [-0.25, -0.2) is 23.9 Å². The summed E-state index contributed by atoms with van der Waals surface area (Å²) >= 11 is 2.68. The second kappa shape index (κ2) is 31.0. The minimum Gasteiger partial charge on any atom is -0.491 e. The zero-order valence-corrected chi connectivity index (χ0v) is 53.2. The lowest BCUT2D eigenvalue weighted by Crippen LogP contribution is -2.59. The molecular formula is C63H73FN11O15S2+. The lowest BCUT2D eigenvalue weighted by atomic mass is 9.90. The molecule has 3 aromatic heterocycles. The molecule has 2 aliphatic rings. The third kappa shape index (κ3) is 18.0. The molecule has 488 valence electrons. The van der Waals surface area contributed by atoms with Crippen LogP contribution >= 0.6 is 22.7 Å². The number of para-hydroxylation sites is 1. The number of halogens is 1. The molecule has 6 aromatic rings. The van der Waals surface area contributed by atoms with Gasteiger partial charge in [-0.2, -0.15) is 0 Å². The van der Waals surface area contributed by atoms with Crippen LogP contribution in [0.3, 0.4) is 0 Å². The number of nitrogens with one attached hydrogen (secondary N) is 4. The number of aliphatic hydroxyl groups excluding tert-OH is 3. The van der Waals surface area contributed by atoms with E-state index in [2.05, 4.69) is 53.3 Å².